The maximum atomic E-state index is 4.68. The van der Waals surface area contributed by atoms with Gasteiger partial charge in [-0.25, -0.2) is 4.98 Å². The van der Waals surface area contributed by atoms with Gasteiger partial charge >= 0.3 is 0 Å². The molecule has 0 saturated carbocycles. The molecule has 0 spiro atoms. The number of hydrogen-bond acceptors (Lipinski definition) is 4. The average Bonchev–Trinajstić information content (AvgIpc) is 2.85. The number of thiazole rings is 1. The van der Waals surface area contributed by atoms with Crippen LogP contribution in [0.15, 0.2) is 5.38 Å². The van der Waals surface area contributed by atoms with Crippen LogP contribution in [-0.2, 0) is 12.0 Å². The highest BCUT2D eigenvalue weighted by atomic mass is 32.1. The molecule has 1 aromatic rings. The third-order valence-electron chi connectivity index (χ3n) is 2.92. The summed E-state index contributed by atoms with van der Waals surface area (Å²) < 4.78 is 0. The Morgan fingerprint density at radius 2 is 2.38 bits per heavy atom. The highest BCUT2D eigenvalue weighted by Gasteiger charge is 2.18. The molecule has 3 nitrogen and oxygen atoms in total. The van der Waals surface area contributed by atoms with Crippen LogP contribution in [0.5, 0.6) is 0 Å². The van der Waals surface area contributed by atoms with E-state index < -0.39 is 0 Å². The topological polar surface area (TPSA) is 37.0 Å². The van der Waals surface area contributed by atoms with Crippen molar-refractivity contribution in [2.75, 3.05) is 13.1 Å². The lowest BCUT2D eigenvalue weighted by atomic mass is 9.93. The quantitative estimate of drug-likeness (QED) is 0.846. The van der Waals surface area contributed by atoms with E-state index in [9.17, 15) is 0 Å². The molecule has 16 heavy (non-hydrogen) atoms. The van der Waals surface area contributed by atoms with E-state index in [1.807, 2.05) is 0 Å². The lowest BCUT2D eigenvalue weighted by Gasteiger charge is -2.14. The number of hydrogen-bond donors (Lipinski definition) is 2. The van der Waals surface area contributed by atoms with Crippen LogP contribution in [0.2, 0.25) is 0 Å². The number of nitrogens with one attached hydrogen (secondary N) is 2. The van der Waals surface area contributed by atoms with Crippen LogP contribution in [0.1, 0.15) is 37.9 Å². The molecular weight excluding hydrogens is 218 g/mol. The predicted octanol–water partition coefficient (Wildman–Crippen LogP) is 1.89. The Kier molecular flexibility index (Phi) is 3.62. The van der Waals surface area contributed by atoms with Gasteiger partial charge in [0.1, 0.15) is 5.01 Å². The zero-order valence-corrected chi connectivity index (χ0v) is 11.2. The van der Waals surface area contributed by atoms with Crippen molar-refractivity contribution < 1.29 is 0 Å². The van der Waals surface area contributed by atoms with Crippen molar-refractivity contribution in [3.05, 3.63) is 16.1 Å². The zero-order valence-electron chi connectivity index (χ0n) is 10.3. The van der Waals surface area contributed by atoms with Gasteiger partial charge in [0.05, 0.1) is 5.69 Å². The largest absolute Gasteiger partial charge is 0.315 e. The molecule has 1 saturated heterocycles. The van der Waals surface area contributed by atoms with Crippen LogP contribution >= 0.6 is 11.3 Å². The first-order valence-corrected chi connectivity index (χ1v) is 6.82. The van der Waals surface area contributed by atoms with Crippen LogP contribution in [0, 0.1) is 0 Å². The lowest BCUT2D eigenvalue weighted by molar-refractivity contribution is 0.538. The summed E-state index contributed by atoms with van der Waals surface area (Å²) in [7, 11) is 0. The van der Waals surface area contributed by atoms with E-state index in [1.54, 1.807) is 11.3 Å². The summed E-state index contributed by atoms with van der Waals surface area (Å²) in [6.07, 6.45) is 1.23. The van der Waals surface area contributed by atoms with E-state index >= 15 is 0 Å². The molecule has 1 unspecified atom stereocenters. The van der Waals surface area contributed by atoms with Crippen molar-refractivity contribution >= 4 is 11.3 Å². The van der Waals surface area contributed by atoms with Gasteiger partial charge in [-0.15, -0.1) is 11.3 Å². The molecule has 2 heterocycles. The van der Waals surface area contributed by atoms with Crippen LogP contribution in [0.4, 0.5) is 0 Å². The van der Waals surface area contributed by atoms with Crippen LogP contribution in [-0.4, -0.2) is 24.1 Å². The Bertz CT molecular complexity index is 334. The number of nitrogens with zero attached hydrogens (tertiary/aromatic N) is 1. The Labute approximate surface area is 102 Å². The Hall–Kier alpha value is -0.450. The normalized spacial score (nSPS) is 21.6. The van der Waals surface area contributed by atoms with Crippen molar-refractivity contribution in [1.82, 2.24) is 15.6 Å². The van der Waals surface area contributed by atoms with E-state index in [1.165, 1.54) is 17.1 Å². The van der Waals surface area contributed by atoms with E-state index in [0.717, 1.165) is 19.6 Å². The Balaban J connectivity index is 1.87. The summed E-state index contributed by atoms with van der Waals surface area (Å²) in [5.74, 6) is 0. The maximum absolute atomic E-state index is 4.68. The molecule has 1 aliphatic heterocycles. The fourth-order valence-corrected chi connectivity index (χ4v) is 2.77. The molecule has 2 N–H and O–H groups in total. The Morgan fingerprint density at radius 3 is 2.94 bits per heavy atom. The molecule has 0 radical (unpaired) electrons. The first-order chi connectivity index (χ1) is 7.55. The van der Waals surface area contributed by atoms with Gasteiger partial charge in [0, 0.05) is 29.9 Å². The summed E-state index contributed by atoms with van der Waals surface area (Å²) in [5, 5.41) is 10.3. The van der Waals surface area contributed by atoms with E-state index in [2.05, 4.69) is 41.8 Å². The predicted molar refractivity (Wildman–Crippen MR) is 68.9 cm³/mol. The molecule has 1 aromatic heterocycles. The molecule has 0 bridgehead atoms. The van der Waals surface area contributed by atoms with Gasteiger partial charge < -0.3 is 10.6 Å². The molecular formula is C12H21N3S. The highest BCUT2D eigenvalue weighted by Crippen LogP contribution is 2.23. The highest BCUT2D eigenvalue weighted by molar-refractivity contribution is 7.09. The minimum Gasteiger partial charge on any atom is -0.315 e. The molecule has 4 heteroatoms. The monoisotopic (exact) mass is 239 g/mol. The van der Waals surface area contributed by atoms with Gasteiger partial charge in [-0.1, -0.05) is 20.8 Å². The van der Waals surface area contributed by atoms with Crippen molar-refractivity contribution in [2.45, 2.75) is 45.2 Å². The smallest absolute Gasteiger partial charge is 0.107 e. The minimum absolute atomic E-state index is 0.170. The van der Waals surface area contributed by atoms with Crippen LogP contribution in [0.25, 0.3) is 0 Å². The fourth-order valence-electron chi connectivity index (χ4n) is 1.80. The van der Waals surface area contributed by atoms with Gasteiger partial charge in [0.25, 0.3) is 0 Å². The van der Waals surface area contributed by atoms with Gasteiger partial charge in [0.2, 0.25) is 0 Å². The molecule has 0 aliphatic carbocycles. The molecule has 1 fully saturated rings. The van der Waals surface area contributed by atoms with Crippen LogP contribution in [0.3, 0.4) is 0 Å². The minimum atomic E-state index is 0.170. The van der Waals surface area contributed by atoms with Gasteiger partial charge in [0.15, 0.2) is 0 Å². The Morgan fingerprint density at radius 1 is 1.56 bits per heavy atom. The maximum Gasteiger partial charge on any atom is 0.107 e. The average molecular weight is 239 g/mol. The van der Waals surface area contributed by atoms with Crippen LogP contribution < -0.4 is 10.6 Å². The number of aromatic nitrogens is 1. The standard InChI is InChI=1S/C12H21N3S/c1-12(2,3)10-8-16-11(15-10)7-14-9-4-5-13-6-9/h8-9,13-14H,4-7H2,1-3H3. The van der Waals surface area contributed by atoms with Gasteiger partial charge in [-0.3, -0.25) is 0 Å². The summed E-state index contributed by atoms with van der Waals surface area (Å²) in [4.78, 5) is 4.68. The van der Waals surface area contributed by atoms with Crippen molar-refractivity contribution in [3.63, 3.8) is 0 Å². The first-order valence-electron chi connectivity index (χ1n) is 5.95. The van der Waals surface area contributed by atoms with Gasteiger partial charge in [-0.2, -0.15) is 0 Å². The summed E-state index contributed by atoms with van der Waals surface area (Å²) in [6, 6.07) is 0.627. The third kappa shape index (κ3) is 3.03. The second-order valence-electron chi connectivity index (χ2n) is 5.45. The lowest BCUT2D eigenvalue weighted by Crippen LogP contribution is -2.30. The molecule has 0 amide bonds. The molecule has 90 valence electrons. The SMILES string of the molecule is CC(C)(C)c1csc(CNC2CCNC2)n1. The van der Waals surface area contributed by atoms with E-state index in [-0.39, 0.29) is 5.41 Å². The van der Waals surface area contributed by atoms with Crippen molar-refractivity contribution in [2.24, 2.45) is 0 Å². The summed E-state index contributed by atoms with van der Waals surface area (Å²) in [6.45, 7) is 9.77. The second-order valence-corrected chi connectivity index (χ2v) is 6.39. The van der Waals surface area contributed by atoms with Crippen molar-refractivity contribution in [1.29, 1.82) is 0 Å². The summed E-state index contributed by atoms with van der Waals surface area (Å²) >= 11 is 1.77. The fraction of sp³-hybridized carbons (Fsp3) is 0.750. The van der Waals surface area contributed by atoms with Crippen molar-refractivity contribution in [3.8, 4) is 0 Å². The zero-order chi connectivity index (χ0) is 11.6. The van der Waals surface area contributed by atoms with E-state index in [0.29, 0.717) is 6.04 Å². The van der Waals surface area contributed by atoms with E-state index in [4.69, 9.17) is 0 Å². The molecule has 0 aromatic carbocycles. The number of rotatable bonds is 3. The molecule has 1 atom stereocenters. The summed E-state index contributed by atoms with van der Waals surface area (Å²) in [5.41, 5.74) is 1.38. The second kappa shape index (κ2) is 4.82. The third-order valence-corrected chi connectivity index (χ3v) is 3.77. The van der Waals surface area contributed by atoms with Gasteiger partial charge in [-0.05, 0) is 13.0 Å². The first kappa shape index (κ1) is 12.0. The molecule has 2 rings (SSSR count). The molecule has 1 aliphatic rings.